The van der Waals surface area contributed by atoms with Gasteiger partial charge in [-0.15, -0.1) is 11.6 Å². The van der Waals surface area contributed by atoms with E-state index >= 15 is 0 Å². The van der Waals surface area contributed by atoms with E-state index < -0.39 is 0 Å². The summed E-state index contributed by atoms with van der Waals surface area (Å²) in [5.41, 5.74) is 0.859. The smallest absolute Gasteiger partial charge is 0.138 e. The van der Waals surface area contributed by atoms with E-state index in [-0.39, 0.29) is 0 Å². The Morgan fingerprint density at radius 1 is 1.41 bits per heavy atom. The van der Waals surface area contributed by atoms with Crippen molar-refractivity contribution in [2.45, 2.75) is 6.42 Å². The Bertz CT molecular complexity index is 396. The molecule has 0 aromatic carbocycles. The number of alkyl halides is 1. The third kappa shape index (κ3) is 6.15. The molecule has 0 aliphatic carbocycles. The van der Waals surface area contributed by atoms with E-state index in [1.807, 2.05) is 20.2 Å². The van der Waals surface area contributed by atoms with E-state index in [9.17, 15) is 0 Å². The van der Waals surface area contributed by atoms with Crippen LogP contribution in [0, 0.1) is 11.8 Å². The number of nitrogens with zero attached hydrogens (tertiary/aromatic N) is 2. The van der Waals surface area contributed by atoms with Gasteiger partial charge in [0.1, 0.15) is 12.4 Å². The fourth-order valence-electron chi connectivity index (χ4n) is 1.12. The molecule has 0 spiro atoms. The molecule has 0 radical (unpaired) electrons. The first kappa shape index (κ1) is 13.8. The van der Waals surface area contributed by atoms with Gasteiger partial charge in [-0.3, -0.25) is 4.98 Å². The zero-order chi connectivity index (χ0) is 12.5. The van der Waals surface area contributed by atoms with Crippen LogP contribution in [-0.2, 0) is 0 Å². The molecule has 0 aliphatic heterocycles. The Kier molecular flexibility index (Phi) is 6.46. The Hall–Kier alpha value is -1.24. The van der Waals surface area contributed by atoms with Crippen molar-refractivity contribution in [2.75, 3.05) is 33.1 Å². The lowest BCUT2D eigenvalue weighted by Gasteiger charge is -2.10. The van der Waals surface area contributed by atoms with Crippen molar-refractivity contribution in [3.05, 3.63) is 24.0 Å². The normalized spacial score (nSPS) is 9.88. The first-order chi connectivity index (χ1) is 8.22. The molecule has 0 fully saturated rings. The van der Waals surface area contributed by atoms with E-state index in [0.717, 1.165) is 17.9 Å². The molecule has 3 nitrogen and oxygen atoms in total. The predicted molar refractivity (Wildman–Crippen MR) is 70.5 cm³/mol. The average Bonchev–Trinajstić information content (AvgIpc) is 2.29. The molecular formula is C13H17ClN2O. The number of hydrogen-bond acceptors (Lipinski definition) is 3. The first-order valence-electron chi connectivity index (χ1n) is 5.50. The standard InChI is InChI=1S/C13H17ClN2O/c1-16(2)7-8-17-13-9-12(10-15-11-13)5-3-4-6-14/h9-11H,4,6-8H2,1-2H3. The van der Waals surface area contributed by atoms with Gasteiger partial charge in [-0.25, -0.2) is 0 Å². The van der Waals surface area contributed by atoms with Gasteiger partial charge in [0.25, 0.3) is 0 Å². The van der Waals surface area contributed by atoms with Crippen LogP contribution in [0.4, 0.5) is 0 Å². The number of halogens is 1. The Morgan fingerprint density at radius 3 is 2.94 bits per heavy atom. The number of pyridine rings is 1. The van der Waals surface area contributed by atoms with Crippen LogP contribution in [0.1, 0.15) is 12.0 Å². The molecule has 0 bridgehead atoms. The van der Waals surface area contributed by atoms with E-state index in [2.05, 4.69) is 21.7 Å². The second-order valence-corrected chi connectivity index (χ2v) is 4.18. The summed E-state index contributed by atoms with van der Waals surface area (Å²) in [5, 5.41) is 0. The van der Waals surface area contributed by atoms with Gasteiger partial charge in [-0.1, -0.05) is 11.8 Å². The molecule has 0 N–H and O–H groups in total. The lowest BCUT2D eigenvalue weighted by Crippen LogP contribution is -2.19. The van der Waals surface area contributed by atoms with Crippen LogP contribution in [0.5, 0.6) is 5.75 Å². The Labute approximate surface area is 108 Å². The molecule has 0 saturated heterocycles. The molecule has 0 aliphatic rings. The van der Waals surface area contributed by atoms with Crippen LogP contribution in [-0.4, -0.2) is 43.0 Å². The lowest BCUT2D eigenvalue weighted by molar-refractivity contribution is 0.260. The quantitative estimate of drug-likeness (QED) is 0.592. The van der Waals surface area contributed by atoms with Crippen LogP contribution in [0.2, 0.25) is 0 Å². The van der Waals surface area contributed by atoms with E-state index in [1.54, 1.807) is 12.4 Å². The summed E-state index contributed by atoms with van der Waals surface area (Å²) in [6.07, 6.45) is 4.11. The van der Waals surface area contributed by atoms with Crippen molar-refractivity contribution in [3.8, 4) is 17.6 Å². The maximum absolute atomic E-state index is 5.57. The fourth-order valence-corrected chi connectivity index (χ4v) is 1.22. The van der Waals surface area contributed by atoms with Gasteiger partial charge in [0.2, 0.25) is 0 Å². The minimum absolute atomic E-state index is 0.555. The van der Waals surface area contributed by atoms with Crippen LogP contribution >= 0.6 is 11.6 Å². The second-order valence-electron chi connectivity index (χ2n) is 3.80. The highest BCUT2D eigenvalue weighted by atomic mass is 35.5. The summed E-state index contributed by atoms with van der Waals surface area (Å²) in [5.74, 6) is 7.27. The third-order valence-corrected chi connectivity index (χ3v) is 2.16. The Balaban J connectivity index is 2.51. The summed E-state index contributed by atoms with van der Waals surface area (Å²) in [4.78, 5) is 6.15. The minimum atomic E-state index is 0.555. The van der Waals surface area contributed by atoms with E-state index in [1.165, 1.54) is 0 Å². The highest BCUT2D eigenvalue weighted by molar-refractivity contribution is 6.18. The number of aromatic nitrogens is 1. The molecule has 0 saturated carbocycles. The fraction of sp³-hybridized carbons (Fsp3) is 0.462. The van der Waals surface area contributed by atoms with Crippen molar-refractivity contribution in [1.29, 1.82) is 0 Å². The second kappa shape index (κ2) is 7.94. The SMILES string of the molecule is CN(C)CCOc1cncc(C#CCCCl)c1. The molecule has 1 aromatic rings. The zero-order valence-electron chi connectivity index (χ0n) is 10.2. The summed E-state index contributed by atoms with van der Waals surface area (Å²) in [6.45, 7) is 1.52. The molecule has 0 unspecified atom stereocenters. The maximum Gasteiger partial charge on any atom is 0.138 e. The first-order valence-corrected chi connectivity index (χ1v) is 6.03. The van der Waals surface area contributed by atoms with Crippen molar-refractivity contribution in [1.82, 2.24) is 9.88 Å². The van der Waals surface area contributed by atoms with E-state index in [4.69, 9.17) is 16.3 Å². The molecular weight excluding hydrogens is 236 g/mol. The summed E-state index contributed by atoms with van der Waals surface area (Å²) in [7, 11) is 4.02. The van der Waals surface area contributed by atoms with Crippen LogP contribution in [0.25, 0.3) is 0 Å². The zero-order valence-corrected chi connectivity index (χ0v) is 11.0. The largest absolute Gasteiger partial charge is 0.491 e. The number of likely N-dealkylation sites (N-methyl/N-ethyl adjacent to an activating group) is 1. The highest BCUT2D eigenvalue weighted by Crippen LogP contribution is 2.10. The van der Waals surface area contributed by atoms with E-state index in [0.29, 0.717) is 18.9 Å². The van der Waals surface area contributed by atoms with Gasteiger partial charge < -0.3 is 9.64 Å². The summed E-state index contributed by atoms with van der Waals surface area (Å²) < 4.78 is 5.57. The number of ether oxygens (including phenoxy) is 1. The highest BCUT2D eigenvalue weighted by Gasteiger charge is 1.96. The predicted octanol–water partition coefficient (Wildman–Crippen LogP) is 2.00. The third-order valence-electron chi connectivity index (χ3n) is 1.97. The van der Waals surface area contributed by atoms with Crippen LogP contribution < -0.4 is 4.74 Å². The van der Waals surface area contributed by atoms with Gasteiger partial charge in [0.15, 0.2) is 0 Å². The molecule has 92 valence electrons. The average molecular weight is 253 g/mol. The van der Waals surface area contributed by atoms with Crippen LogP contribution in [0.3, 0.4) is 0 Å². The summed E-state index contributed by atoms with van der Waals surface area (Å²) >= 11 is 5.55. The Morgan fingerprint density at radius 2 is 2.24 bits per heavy atom. The number of hydrogen-bond donors (Lipinski definition) is 0. The maximum atomic E-state index is 5.57. The van der Waals surface area contributed by atoms with Gasteiger partial charge in [-0.05, 0) is 20.2 Å². The van der Waals surface area contributed by atoms with Crippen molar-refractivity contribution in [3.63, 3.8) is 0 Å². The van der Waals surface area contributed by atoms with Crippen molar-refractivity contribution < 1.29 is 4.74 Å². The van der Waals surface area contributed by atoms with Gasteiger partial charge in [-0.2, -0.15) is 0 Å². The van der Waals surface area contributed by atoms with Gasteiger partial charge >= 0.3 is 0 Å². The molecule has 0 amide bonds. The molecule has 1 heterocycles. The van der Waals surface area contributed by atoms with Crippen molar-refractivity contribution in [2.24, 2.45) is 0 Å². The molecule has 17 heavy (non-hydrogen) atoms. The monoisotopic (exact) mass is 252 g/mol. The number of rotatable bonds is 5. The van der Waals surface area contributed by atoms with Crippen LogP contribution in [0.15, 0.2) is 18.5 Å². The minimum Gasteiger partial charge on any atom is -0.491 e. The topological polar surface area (TPSA) is 25.4 Å². The molecule has 1 rings (SSSR count). The summed E-state index contributed by atoms with van der Waals surface area (Å²) in [6, 6.07) is 1.89. The van der Waals surface area contributed by atoms with Crippen molar-refractivity contribution >= 4 is 11.6 Å². The molecule has 4 heteroatoms. The van der Waals surface area contributed by atoms with Gasteiger partial charge in [0.05, 0.1) is 6.20 Å². The lowest BCUT2D eigenvalue weighted by atomic mass is 10.3. The molecule has 0 atom stereocenters. The van der Waals surface area contributed by atoms with Gasteiger partial charge in [0, 0.05) is 30.6 Å². The molecule has 1 aromatic heterocycles.